The zero-order valence-corrected chi connectivity index (χ0v) is 12.6. The second kappa shape index (κ2) is 5.97. The largest absolute Gasteiger partial charge is 0.313 e. The van der Waals surface area contributed by atoms with Crippen molar-refractivity contribution in [2.24, 2.45) is 11.8 Å². The van der Waals surface area contributed by atoms with Gasteiger partial charge in [-0.05, 0) is 50.2 Å². The van der Waals surface area contributed by atoms with Crippen LogP contribution in [0.3, 0.4) is 0 Å². The molecule has 100 valence electrons. The van der Waals surface area contributed by atoms with E-state index in [4.69, 9.17) is 0 Å². The molecular formula is C15H29NS. The summed E-state index contributed by atoms with van der Waals surface area (Å²) in [6.45, 7) is 6.10. The monoisotopic (exact) mass is 255 g/mol. The summed E-state index contributed by atoms with van der Waals surface area (Å²) in [4.78, 5) is 0. The van der Waals surface area contributed by atoms with Crippen molar-refractivity contribution in [3.05, 3.63) is 0 Å². The molecule has 0 spiro atoms. The normalized spacial score (nSPS) is 37.2. The fourth-order valence-electron chi connectivity index (χ4n) is 3.54. The predicted octanol–water partition coefficient (Wildman–Crippen LogP) is 4.08. The molecule has 0 heterocycles. The fraction of sp³-hybridized carbons (Fsp3) is 1.00. The summed E-state index contributed by atoms with van der Waals surface area (Å²) >= 11 is 2.11. The van der Waals surface area contributed by atoms with E-state index in [0.717, 1.165) is 17.9 Å². The molecule has 0 aromatic heterocycles. The first kappa shape index (κ1) is 13.7. The van der Waals surface area contributed by atoms with E-state index in [0.29, 0.717) is 4.75 Å². The fourth-order valence-corrected chi connectivity index (χ4v) is 4.46. The maximum Gasteiger partial charge on any atom is 0.0281 e. The van der Waals surface area contributed by atoms with E-state index < -0.39 is 0 Å². The van der Waals surface area contributed by atoms with Crippen molar-refractivity contribution < 1.29 is 0 Å². The van der Waals surface area contributed by atoms with Gasteiger partial charge in [0.25, 0.3) is 0 Å². The Balaban J connectivity index is 1.78. The van der Waals surface area contributed by atoms with Gasteiger partial charge in [0.15, 0.2) is 0 Å². The molecule has 2 aliphatic carbocycles. The minimum Gasteiger partial charge on any atom is -0.313 e. The topological polar surface area (TPSA) is 12.0 Å². The molecule has 0 aliphatic heterocycles. The zero-order valence-electron chi connectivity index (χ0n) is 11.8. The van der Waals surface area contributed by atoms with Crippen LogP contribution in [0, 0.1) is 11.8 Å². The molecule has 1 N–H and O–H groups in total. The van der Waals surface area contributed by atoms with E-state index in [1.165, 1.54) is 51.5 Å². The van der Waals surface area contributed by atoms with Crippen molar-refractivity contribution in [3.8, 4) is 0 Å². The van der Waals surface area contributed by atoms with Gasteiger partial charge in [0, 0.05) is 17.3 Å². The van der Waals surface area contributed by atoms with Crippen molar-refractivity contribution in [3.63, 3.8) is 0 Å². The first-order valence-electron chi connectivity index (χ1n) is 7.44. The zero-order chi connectivity index (χ0) is 12.3. The number of thioether (sulfide) groups is 1. The molecule has 17 heavy (non-hydrogen) atoms. The van der Waals surface area contributed by atoms with E-state index >= 15 is 0 Å². The van der Waals surface area contributed by atoms with Crippen LogP contribution in [-0.2, 0) is 0 Å². The van der Waals surface area contributed by atoms with Crippen LogP contribution in [0.1, 0.15) is 58.8 Å². The van der Waals surface area contributed by atoms with Crippen LogP contribution in [0.25, 0.3) is 0 Å². The van der Waals surface area contributed by atoms with Crippen molar-refractivity contribution in [1.29, 1.82) is 0 Å². The van der Waals surface area contributed by atoms with Gasteiger partial charge in [0.2, 0.25) is 0 Å². The lowest BCUT2D eigenvalue weighted by atomic mass is 9.79. The second-order valence-electron chi connectivity index (χ2n) is 6.44. The number of hydrogen-bond acceptors (Lipinski definition) is 2. The minimum atomic E-state index is 0.576. The van der Waals surface area contributed by atoms with Gasteiger partial charge >= 0.3 is 0 Å². The average Bonchev–Trinajstić information content (AvgIpc) is 2.80. The Morgan fingerprint density at radius 1 is 1.12 bits per heavy atom. The van der Waals surface area contributed by atoms with Gasteiger partial charge in [-0.25, -0.2) is 0 Å². The number of nitrogens with one attached hydrogen (secondary N) is 1. The highest BCUT2D eigenvalue weighted by atomic mass is 32.2. The second-order valence-corrected chi connectivity index (χ2v) is 7.71. The summed E-state index contributed by atoms with van der Waals surface area (Å²) in [6.07, 6.45) is 12.3. The summed E-state index contributed by atoms with van der Waals surface area (Å²) in [6, 6.07) is 0.797. The Morgan fingerprint density at radius 3 is 2.41 bits per heavy atom. The molecule has 2 heteroatoms. The number of hydrogen-bond donors (Lipinski definition) is 1. The Labute approximate surface area is 112 Å². The summed E-state index contributed by atoms with van der Waals surface area (Å²) in [5.74, 6) is 1.85. The molecule has 0 bridgehead atoms. The van der Waals surface area contributed by atoms with Crippen LogP contribution < -0.4 is 5.32 Å². The highest BCUT2D eigenvalue weighted by Crippen LogP contribution is 2.40. The summed E-state index contributed by atoms with van der Waals surface area (Å²) < 4.78 is 0.576. The third kappa shape index (κ3) is 3.41. The summed E-state index contributed by atoms with van der Waals surface area (Å²) in [7, 11) is 0. The predicted molar refractivity (Wildman–Crippen MR) is 78.7 cm³/mol. The Morgan fingerprint density at radius 2 is 1.82 bits per heavy atom. The lowest BCUT2D eigenvalue weighted by Crippen LogP contribution is -2.43. The van der Waals surface area contributed by atoms with E-state index in [9.17, 15) is 0 Å². The maximum atomic E-state index is 3.89. The molecule has 0 amide bonds. The van der Waals surface area contributed by atoms with Gasteiger partial charge in [-0.3, -0.25) is 0 Å². The Hall–Kier alpha value is 0.310. The molecule has 3 unspecified atom stereocenters. The van der Waals surface area contributed by atoms with Crippen LogP contribution in [-0.4, -0.2) is 23.6 Å². The third-order valence-corrected chi connectivity index (χ3v) is 6.68. The van der Waals surface area contributed by atoms with Crippen LogP contribution in [0.2, 0.25) is 0 Å². The van der Waals surface area contributed by atoms with E-state index in [1.807, 2.05) is 0 Å². The standard InChI is InChI=1S/C15H29NS/c1-12-6-7-14(10-13(12)2)16-11-15(17-3)8-4-5-9-15/h12-14,16H,4-11H2,1-3H3. The summed E-state index contributed by atoms with van der Waals surface area (Å²) in [5.41, 5.74) is 0. The average molecular weight is 255 g/mol. The smallest absolute Gasteiger partial charge is 0.0281 e. The summed E-state index contributed by atoms with van der Waals surface area (Å²) in [5, 5.41) is 3.89. The molecule has 2 rings (SSSR count). The SMILES string of the molecule is CSC1(CNC2CCC(C)C(C)C2)CCCC1. The molecule has 2 fully saturated rings. The van der Waals surface area contributed by atoms with Gasteiger partial charge in [-0.1, -0.05) is 26.7 Å². The van der Waals surface area contributed by atoms with Crippen LogP contribution in [0.5, 0.6) is 0 Å². The molecule has 0 aromatic carbocycles. The molecule has 0 saturated heterocycles. The molecule has 1 nitrogen and oxygen atoms in total. The van der Waals surface area contributed by atoms with Crippen LogP contribution in [0.15, 0.2) is 0 Å². The minimum absolute atomic E-state index is 0.576. The van der Waals surface area contributed by atoms with Crippen LogP contribution in [0.4, 0.5) is 0 Å². The molecule has 3 atom stereocenters. The lowest BCUT2D eigenvalue weighted by Gasteiger charge is -2.35. The van der Waals surface area contributed by atoms with Gasteiger partial charge in [0.1, 0.15) is 0 Å². The third-order valence-electron chi connectivity index (χ3n) is 5.26. The van der Waals surface area contributed by atoms with E-state index in [1.54, 1.807) is 0 Å². The van der Waals surface area contributed by atoms with Crippen LogP contribution >= 0.6 is 11.8 Å². The molecular weight excluding hydrogens is 226 g/mol. The van der Waals surface area contributed by atoms with Crippen molar-refractivity contribution in [1.82, 2.24) is 5.32 Å². The Kier molecular flexibility index (Phi) is 4.82. The first-order valence-corrected chi connectivity index (χ1v) is 8.66. The van der Waals surface area contributed by atoms with Gasteiger partial charge in [-0.2, -0.15) is 11.8 Å². The van der Waals surface area contributed by atoms with Crippen molar-refractivity contribution in [2.45, 2.75) is 69.6 Å². The highest BCUT2D eigenvalue weighted by Gasteiger charge is 2.34. The molecule has 0 radical (unpaired) electrons. The van der Waals surface area contributed by atoms with Gasteiger partial charge in [0.05, 0.1) is 0 Å². The van der Waals surface area contributed by atoms with Crippen molar-refractivity contribution in [2.75, 3.05) is 12.8 Å². The molecule has 0 aromatic rings. The molecule has 2 aliphatic rings. The van der Waals surface area contributed by atoms with Gasteiger partial charge in [-0.15, -0.1) is 0 Å². The first-order chi connectivity index (χ1) is 8.15. The molecule has 2 saturated carbocycles. The van der Waals surface area contributed by atoms with E-state index in [-0.39, 0.29) is 0 Å². The Bertz CT molecular complexity index is 235. The maximum absolute atomic E-state index is 3.89. The number of rotatable bonds is 4. The quantitative estimate of drug-likeness (QED) is 0.812. The van der Waals surface area contributed by atoms with Crippen molar-refractivity contribution >= 4 is 11.8 Å². The lowest BCUT2D eigenvalue weighted by molar-refractivity contribution is 0.223. The van der Waals surface area contributed by atoms with Gasteiger partial charge < -0.3 is 5.32 Å². The van der Waals surface area contributed by atoms with E-state index in [2.05, 4.69) is 37.2 Å². The highest BCUT2D eigenvalue weighted by molar-refractivity contribution is 8.00.